The third kappa shape index (κ3) is 9.29. The van der Waals surface area contributed by atoms with Gasteiger partial charge in [0.15, 0.2) is 11.5 Å². The van der Waals surface area contributed by atoms with Gasteiger partial charge in [0.2, 0.25) is 5.91 Å². The van der Waals surface area contributed by atoms with E-state index in [1.54, 1.807) is 0 Å². The second-order valence-corrected chi connectivity index (χ2v) is 13.7. The first-order valence-corrected chi connectivity index (χ1v) is 17.2. The minimum absolute atomic E-state index is 0.0425. The van der Waals surface area contributed by atoms with Crippen LogP contribution in [-0.4, -0.2) is 63.7 Å². The van der Waals surface area contributed by atoms with Gasteiger partial charge in [0, 0.05) is 17.5 Å². The highest BCUT2D eigenvalue weighted by atomic mass is 32.2. The van der Waals surface area contributed by atoms with Gasteiger partial charge in [0.1, 0.15) is 32.5 Å². The summed E-state index contributed by atoms with van der Waals surface area (Å²) < 4.78 is 77.0. The Kier molecular flexibility index (Phi) is 12.2. The number of azo groups is 2. The summed E-state index contributed by atoms with van der Waals surface area (Å²) in [6.45, 7) is 1.17. The first-order chi connectivity index (χ1) is 24.0. The minimum Gasteiger partial charge on any atom is -0.505 e. The van der Waals surface area contributed by atoms with Crippen molar-refractivity contribution in [2.45, 2.75) is 26.5 Å². The van der Waals surface area contributed by atoms with Crippen LogP contribution in [0.5, 0.6) is 11.5 Å². The second-order valence-electron chi connectivity index (χ2n) is 9.39. The van der Waals surface area contributed by atoms with Crippen molar-refractivity contribution < 1.29 is 80.1 Å². The molecule has 51 heavy (non-hydrogen) atoms. The highest BCUT2D eigenvalue weighted by Crippen LogP contribution is 2.51. The molecule has 22 nitrogen and oxygen atoms in total. The number of nitrogens with zero attached hydrogens (tertiary/aromatic N) is 4. The van der Waals surface area contributed by atoms with Gasteiger partial charge in [-0.15, -0.1) is 29.1 Å². The zero-order valence-corrected chi connectivity index (χ0v) is 28.0. The van der Waals surface area contributed by atoms with Gasteiger partial charge < -0.3 is 20.6 Å². The summed E-state index contributed by atoms with van der Waals surface area (Å²) in [5.74, 6) is -4.27. The average molecular weight is 790 g/mol. The molecule has 270 valence electrons. The van der Waals surface area contributed by atoms with E-state index in [2.05, 4.69) is 44.5 Å². The number of carboxylic acid groups (broad SMARTS) is 1. The van der Waals surface area contributed by atoms with E-state index >= 15 is 0 Å². The Labute approximate surface area is 292 Å². The van der Waals surface area contributed by atoms with Gasteiger partial charge in [-0.3, -0.25) is 13.9 Å². The van der Waals surface area contributed by atoms with Crippen molar-refractivity contribution in [2.75, 3.05) is 5.32 Å². The Hall–Kier alpha value is -4.84. The predicted molar refractivity (Wildman–Crippen MR) is 171 cm³/mol. The van der Waals surface area contributed by atoms with Crippen molar-refractivity contribution in [2.24, 2.45) is 20.5 Å². The van der Waals surface area contributed by atoms with Crippen LogP contribution >= 0.6 is 24.1 Å². The van der Waals surface area contributed by atoms with Crippen LogP contribution in [0.1, 0.15) is 17.3 Å². The maximum atomic E-state index is 12.4. The molecule has 8 N–H and O–H groups in total. The number of carbonyl (C=O) groups excluding carboxylic acids is 1. The van der Waals surface area contributed by atoms with Gasteiger partial charge in [-0.25, -0.2) is 15.3 Å². The fraction of sp³-hybridized carbons (Fsp3) is 0.0400. The number of aromatic carboxylic acids is 1. The number of hydrogen-bond donors (Lipinski definition) is 8. The lowest BCUT2D eigenvalue weighted by Crippen LogP contribution is -2.07. The van der Waals surface area contributed by atoms with Crippen molar-refractivity contribution in [1.29, 1.82) is 0 Å². The van der Waals surface area contributed by atoms with Crippen LogP contribution in [0.4, 0.5) is 28.4 Å². The number of phenols is 2. The molecule has 0 spiro atoms. The van der Waals surface area contributed by atoms with Gasteiger partial charge in [0.25, 0.3) is 20.2 Å². The molecule has 0 saturated carbocycles. The molecule has 0 saturated heterocycles. The molecule has 4 aromatic rings. The number of nitrogens with one attached hydrogen (secondary N) is 1. The first-order valence-electron chi connectivity index (χ1n) is 12.9. The number of rotatable bonds is 14. The van der Waals surface area contributed by atoms with E-state index in [1.165, 1.54) is 13.0 Å². The second kappa shape index (κ2) is 16.0. The van der Waals surface area contributed by atoms with Gasteiger partial charge in [0.05, 0.1) is 39.9 Å². The van der Waals surface area contributed by atoms with Crippen molar-refractivity contribution in [3.63, 3.8) is 0 Å². The van der Waals surface area contributed by atoms with Crippen LogP contribution in [0, 0.1) is 0 Å². The Morgan fingerprint density at radius 3 is 1.96 bits per heavy atom. The largest absolute Gasteiger partial charge is 0.505 e. The number of aromatic hydroxyl groups is 2. The molecule has 0 aliphatic carbocycles. The monoisotopic (exact) mass is 789 g/mol. The fourth-order valence-electron chi connectivity index (χ4n) is 4.15. The molecule has 26 heteroatoms. The van der Waals surface area contributed by atoms with Crippen LogP contribution in [0.15, 0.2) is 88.6 Å². The maximum absolute atomic E-state index is 12.4. The lowest BCUT2D eigenvalue weighted by atomic mass is 10.1. The van der Waals surface area contributed by atoms with Gasteiger partial charge >= 0.3 is 5.97 Å². The lowest BCUT2D eigenvalue weighted by molar-refractivity contribution is -0.432. The summed E-state index contributed by atoms with van der Waals surface area (Å²) in [7, 11) is -10.2. The molecule has 1 amide bonds. The van der Waals surface area contributed by atoms with E-state index in [0.29, 0.717) is 18.1 Å². The van der Waals surface area contributed by atoms with Crippen molar-refractivity contribution in [3.8, 4) is 11.5 Å². The molecule has 0 fully saturated rings. The molecule has 0 bridgehead atoms. The summed E-state index contributed by atoms with van der Waals surface area (Å²) in [6.07, 6.45) is 0. The Morgan fingerprint density at radius 2 is 1.35 bits per heavy atom. The molecule has 0 atom stereocenters. The molecule has 0 unspecified atom stereocenters. The van der Waals surface area contributed by atoms with E-state index in [-0.39, 0.29) is 32.9 Å². The van der Waals surface area contributed by atoms with Crippen LogP contribution in [0.25, 0.3) is 10.8 Å². The third-order valence-electron chi connectivity index (χ3n) is 6.11. The number of carbonyl (C=O) groups is 2. The Morgan fingerprint density at radius 1 is 0.745 bits per heavy atom. The molecule has 0 radical (unpaired) electrons. The molecule has 0 aliphatic rings. The summed E-state index contributed by atoms with van der Waals surface area (Å²) in [5.41, 5.74) is -3.14. The molecule has 4 aromatic carbocycles. The van der Waals surface area contributed by atoms with E-state index in [9.17, 15) is 50.8 Å². The van der Waals surface area contributed by atoms with Crippen molar-refractivity contribution in [3.05, 3.63) is 54.1 Å². The minimum atomic E-state index is -5.25. The molecular formula is C25H19N5O17S4. The van der Waals surface area contributed by atoms with E-state index in [1.807, 2.05) is 0 Å². The van der Waals surface area contributed by atoms with E-state index in [4.69, 9.17) is 10.5 Å². The van der Waals surface area contributed by atoms with E-state index in [0.717, 1.165) is 36.4 Å². The van der Waals surface area contributed by atoms with Gasteiger partial charge in [-0.05, 0) is 53.9 Å². The highest BCUT2D eigenvalue weighted by Gasteiger charge is 2.27. The summed E-state index contributed by atoms with van der Waals surface area (Å²) >= 11 is 0.506. The first kappa shape index (κ1) is 39.0. The Balaban J connectivity index is 1.97. The zero-order valence-electron chi connectivity index (χ0n) is 24.8. The standard InChI is InChI=1S/C25H19N5O17S4/c1-10(31)26-12-2-4-15(14(8-12)25(34)35)27-30-22-19(51(41,42)43)7-11-6-17(49-47-45-37)21(23(32)20(11)24(22)33)29-28-16-9-13(48-46-44-36)3-5-18(16)50(38,39)40/h2-9,32-33,36-37H,1H3,(H,26,31)(H,34,35)(H,38,39,40)(H,41,42,43). The molecule has 0 aliphatic heterocycles. The topological polar surface area (TPSA) is 342 Å². The maximum Gasteiger partial charge on any atom is 0.338 e. The predicted octanol–water partition coefficient (Wildman–Crippen LogP) is 6.09. The zero-order chi connectivity index (χ0) is 37.7. The van der Waals surface area contributed by atoms with Gasteiger partial charge in [-0.1, -0.05) is 10.1 Å². The smallest absolute Gasteiger partial charge is 0.338 e. The van der Waals surface area contributed by atoms with Crippen molar-refractivity contribution >= 4 is 95.4 Å². The molecule has 4 rings (SSSR count). The number of anilines is 1. The number of carboxylic acids is 1. The molecule has 0 heterocycles. The number of benzene rings is 4. The average Bonchev–Trinajstić information content (AvgIpc) is 3.04. The Bertz CT molecular complexity index is 2320. The fourth-order valence-corrected chi connectivity index (χ4v) is 6.30. The molecular weight excluding hydrogens is 771 g/mol. The number of fused-ring (bicyclic) bond motifs is 1. The summed E-state index contributed by atoms with van der Waals surface area (Å²) in [5, 5.41) is 72.5. The summed E-state index contributed by atoms with van der Waals surface area (Å²) in [4.78, 5) is 21.1. The van der Waals surface area contributed by atoms with E-state index < -0.39 is 87.1 Å². The van der Waals surface area contributed by atoms with Gasteiger partial charge in [-0.2, -0.15) is 16.8 Å². The van der Waals surface area contributed by atoms with Crippen LogP contribution < -0.4 is 5.32 Å². The van der Waals surface area contributed by atoms with Crippen LogP contribution in [0.3, 0.4) is 0 Å². The number of hydrogen-bond acceptors (Lipinski definition) is 20. The number of phenolic OH excluding ortho intramolecular Hbond substituents is 2. The normalized spacial score (nSPS) is 12.3. The van der Waals surface area contributed by atoms with Crippen molar-refractivity contribution in [1.82, 2.24) is 0 Å². The summed E-state index contributed by atoms with van der Waals surface area (Å²) in [6, 6.07) is 7.99. The van der Waals surface area contributed by atoms with Crippen LogP contribution in [0.2, 0.25) is 0 Å². The molecule has 0 aromatic heterocycles. The SMILES string of the molecule is CC(=O)Nc1ccc(N=Nc2c(S(=O)(=O)O)cc3cc(SOOO)c(N=Nc4cc(SOOO)ccc4S(=O)(=O)O)c(O)c3c2O)c(C(=O)O)c1. The highest BCUT2D eigenvalue weighted by molar-refractivity contribution is 7.95. The number of amides is 1. The van der Waals surface area contributed by atoms with Crippen LogP contribution in [-0.2, 0) is 43.8 Å². The quantitative estimate of drug-likeness (QED) is 0.0235. The lowest BCUT2D eigenvalue weighted by Gasteiger charge is -2.13. The third-order valence-corrected chi connectivity index (χ3v) is 9.08.